The van der Waals surface area contributed by atoms with Crippen molar-refractivity contribution in [3.05, 3.63) is 101 Å². The van der Waals surface area contributed by atoms with Crippen molar-refractivity contribution in [3.8, 4) is 0 Å². The lowest BCUT2D eigenvalue weighted by atomic mass is 10.1. The zero-order valence-electron chi connectivity index (χ0n) is 23.1. The van der Waals surface area contributed by atoms with Gasteiger partial charge in [-0.15, -0.1) is 0 Å². The third-order valence-corrected chi connectivity index (χ3v) is 7.00. The lowest BCUT2D eigenvalue weighted by Gasteiger charge is -2.36. The minimum absolute atomic E-state index is 0.0726. The van der Waals surface area contributed by atoms with E-state index in [-0.39, 0.29) is 30.8 Å². The number of carbonyl (C=O) groups is 3. The van der Waals surface area contributed by atoms with Crippen LogP contribution < -0.4 is 20.4 Å². The van der Waals surface area contributed by atoms with Gasteiger partial charge in [0.1, 0.15) is 17.9 Å². The Morgan fingerprint density at radius 3 is 2.51 bits per heavy atom. The van der Waals surface area contributed by atoms with Crippen molar-refractivity contribution in [3.63, 3.8) is 0 Å². The standard InChI is InChI=1S/C31H32N6O4/c1-21-30(22(2)41-35-21)31(40)34-25-11-12-26-27(18-25)37(28(38)19-32-16-13-23-8-4-3-5-9-23)20-29(39)36(26)17-14-24-10-6-7-15-33-24/h3-12,15,18,32H,13-14,16-17,19-20H2,1-2H3,(H,34,40). The molecule has 0 bridgehead atoms. The minimum atomic E-state index is -0.361. The summed E-state index contributed by atoms with van der Waals surface area (Å²) in [5.74, 6) is -0.354. The van der Waals surface area contributed by atoms with Gasteiger partial charge in [0.2, 0.25) is 11.8 Å². The molecule has 3 amide bonds. The molecule has 210 valence electrons. The summed E-state index contributed by atoms with van der Waals surface area (Å²) in [7, 11) is 0. The van der Waals surface area contributed by atoms with Crippen molar-refractivity contribution in [2.45, 2.75) is 26.7 Å². The summed E-state index contributed by atoms with van der Waals surface area (Å²) in [6, 6.07) is 20.9. The van der Waals surface area contributed by atoms with Crippen LogP contribution in [0.1, 0.15) is 33.1 Å². The number of hydrogen-bond acceptors (Lipinski definition) is 7. The molecule has 41 heavy (non-hydrogen) atoms. The average Bonchev–Trinajstić information content (AvgIpc) is 3.33. The molecule has 0 saturated carbocycles. The Kier molecular flexibility index (Phi) is 8.50. The molecule has 3 heterocycles. The Morgan fingerprint density at radius 2 is 1.78 bits per heavy atom. The fourth-order valence-corrected chi connectivity index (χ4v) is 4.89. The van der Waals surface area contributed by atoms with Crippen LogP contribution in [0.3, 0.4) is 0 Å². The number of hydrogen-bond donors (Lipinski definition) is 2. The lowest BCUT2D eigenvalue weighted by molar-refractivity contribution is -0.122. The molecule has 2 aromatic heterocycles. The van der Waals surface area contributed by atoms with Gasteiger partial charge in [0, 0.05) is 30.5 Å². The number of benzene rings is 2. The first-order chi connectivity index (χ1) is 19.9. The third kappa shape index (κ3) is 6.50. The van der Waals surface area contributed by atoms with Gasteiger partial charge in [-0.3, -0.25) is 24.3 Å². The quantitative estimate of drug-likeness (QED) is 0.288. The molecule has 5 rings (SSSR count). The van der Waals surface area contributed by atoms with Crippen LogP contribution in [-0.4, -0.2) is 54.0 Å². The van der Waals surface area contributed by atoms with Gasteiger partial charge in [-0.2, -0.15) is 0 Å². The topological polar surface area (TPSA) is 121 Å². The Balaban J connectivity index is 1.36. The molecule has 2 N–H and O–H groups in total. The molecule has 10 nitrogen and oxygen atoms in total. The van der Waals surface area contributed by atoms with Crippen LogP contribution in [0.15, 0.2) is 77.4 Å². The Labute approximate surface area is 238 Å². The number of nitrogens with one attached hydrogen (secondary N) is 2. The lowest BCUT2D eigenvalue weighted by Crippen LogP contribution is -2.50. The van der Waals surface area contributed by atoms with Gasteiger partial charge >= 0.3 is 0 Å². The SMILES string of the molecule is Cc1noc(C)c1C(=O)Nc1ccc2c(c1)N(C(=O)CNCCc1ccccc1)CC(=O)N2CCc1ccccn1. The molecule has 2 aromatic carbocycles. The van der Waals surface area contributed by atoms with Crippen LogP contribution >= 0.6 is 0 Å². The van der Waals surface area contributed by atoms with Crippen molar-refractivity contribution >= 4 is 34.8 Å². The Hall–Kier alpha value is -4.83. The molecular formula is C31H32N6O4. The smallest absolute Gasteiger partial charge is 0.261 e. The third-order valence-electron chi connectivity index (χ3n) is 7.00. The summed E-state index contributed by atoms with van der Waals surface area (Å²) in [5, 5.41) is 9.94. The van der Waals surface area contributed by atoms with E-state index in [1.165, 1.54) is 10.5 Å². The van der Waals surface area contributed by atoms with Gasteiger partial charge in [-0.1, -0.05) is 41.6 Å². The van der Waals surface area contributed by atoms with E-state index in [2.05, 4.69) is 20.8 Å². The number of fused-ring (bicyclic) bond motifs is 1. The van der Waals surface area contributed by atoms with Crippen LogP contribution in [0.4, 0.5) is 17.1 Å². The zero-order chi connectivity index (χ0) is 28.8. The summed E-state index contributed by atoms with van der Waals surface area (Å²) < 4.78 is 5.14. The number of nitrogens with zero attached hydrogens (tertiary/aromatic N) is 4. The highest BCUT2D eigenvalue weighted by Crippen LogP contribution is 2.36. The molecule has 1 aliphatic rings. The van der Waals surface area contributed by atoms with E-state index in [0.717, 1.165) is 12.1 Å². The molecule has 0 radical (unpaired) electrons. The van der Waals surface area contributed by atoms with Crippen LogP contribution in [0.5, 0.6) is 0 Å². The summed E-state index contributed by atoms with van der Waals surface area (Å²) in [6.07, 6.45) is 3.06. The van der Waals surface area contributed by atoms with Gasteiger partial charge in [-0.05, 0) is 62.7 Å². The monoisotopic (exact) mass is 552 g/mol. The van der Waals surface area contributed by atoms with Crippen LogP contribution in [0.25, 0.3) is 0 Å². The maximum Gasteiger partial charge on any atom is 0.261 e. The first kappa shape index (κ1) is 27.7. The molecule has 0 atom stereocenters. The molecule has 0 aliphatic carbocycles. The van der Waals surface area contributed by atoms with Gasteiger partial charge < -0.3 is 20.1 Å². The fourth-order valence-electron chi connectivity index (χ4n) is 4.89. The molecule has 10 heteroatoms. The van der Waals surface area contributed by atoms with Gasteiger partial charge in [-0.25, -0.2) is 0 Å². The molecule has 4 aromatic rings. The molecule has 1 aliphatic heterocycles. The van der Waals surface area contributed by atoms with E-state index in [1.54, 1.807) is 43.1 Å². The number of rotatable bonds is 10. The van der Waals surface area contributed by atoms with E-state index >= 15 is 0 Å². The molecule has 0 saturated heterocycles. The highest BCUT2D eigenvalue weighted by molar-refractivity contribution is 6.13. The van der Waals surface area contributed by atoms with E-state index < -0.39 is 0 Å². The van der Waals surface area contributed by atoms with Crippen molar-refractivity contribution in [1.29, 1.82) is 0 Å². The molecule has 0 unspecified atom stereocenters. The van der Waals surface area contributed by atoms with Gasteiger partial charge in [0.05, 0.1) is 23.6 Å². The molecule has 0 spiro atoms. The number of aryl methyl sites for hydroxylation is 2. The predicted molar refractivity (Wildman–Crippen MR) is 156 cm³/mol. The van der Waals surface area contributed by atoms with Crippen molar-refractivity contribution in [1.82, 2.24) is 15.5 Å². The summed E-state index contributed by atoms with van der Waals surface area (Å²) in [6.45, 7) is 4.38. The van der Waals surface area contributed by atoms with Gasteiger partial charge in [0.25, 0.3) is 5.91 Å². The Bertz CT molecular complexity index is 1520. The Morgan fingerprint density at radius 1 is 0.976 bits per heavy atom. The summed E-state index contributed by atoms with van der Waals surface area (Å²) in [5.41, 5.74) is 4.54. The van der Waals surface area contributed by atoms with E-state index in [9.17, 15) is 14.4 Å². The fraction of sp³-hybridized carbons (Fsp3) is 0.258. The second kappa shape index (κ2) is 12.6. The van der Waals surface area contributed by atoms with Crippen LogP contribution in [0.2, 0.25) is 0 Å². The van der Waals surface area contributed by atoms with Crippen molar-refractivity contribution < 1.29 is 18.9 Å². The number of carbonyl (C=O) groups excluding carboxylic acids is 3. The maximum atomic E-state index is 13.4. The van der Waals surface area contributed by atoms with Crippen LogP contribution in [-0.2, 0) is 22.4 Å². The van der Waals surface area contributed by atoms with E-state index in [1.807, 2.05) is 48.5 Å². The number of anilines is 3. The van der Waals surface area contributed by atoms with Crippen molar-refractivity contribution in [2.24, 2.45) is 0 Å². The van der Waals surface area contributed by atoms with E-state index in [0.29, 0.717) is 53.6 Å². The van der Waals surface area contributed by atoms with E-state index in [4.69, 9.17) is 4.52 Å². The maximum absolute atomic E-state index is 13.4. The number of amides is 3. The minimum Gasteiger partial charge on any atom is -0.361 e. The predicted octanol–water partition coefficient (Wildman–Crippen LogP) is 3.69. The zero-order valence-corrected chi connectivity index (χ0v) is 23.1. The van der Waals surface area contributed by atoms with Gasteiger partial charge in [0.15, 0.2) is 0 Å². The van der Waals surface area contributed by atoms with Crippen molar-refractivity contribution in [2.75, 3.05) is 41.3 Å². The first-order valence-electron chi connectivity index (χ1n) is 13.5. The normalized spacial score (nSPS) is 12.8. The number of pyridine rings is 1. The largest absolute Gasteiger partial charge is 0.361 e. The number of aromatic nitrogens is 2. The average molecular weight is 553 g/mol. The summed E-state index contributed by atoms with van der Waals surface area (Å²) in [4.78, 5) is 47.2. The first-order valence-corrected chi connectivity index (χ1v) is 13.5. The second-order valence-corrected chi connectivity index (χ2v) is 9.87. The highest BCUT2D eigenvalue weighted by Gasteiger charge is 2.33. The molecule has 0 fully saturated rings. The second-order valence-electron chi connectivity index (χ2n) is 9.87. The highest BCUT2D eigenvalue weighted by atomic mass is 16.5. The molecular weight excluding hydrogens is 520 g/mol. The van der Waals surface area contributed by atoms with Crippen LogP contribution in [0, 0.1) is 13.8 Å². The summed E-state index contributed by atoms with van der Waals surface area (Å²) >= 11 is 0.